The predicted octanol–water partition coefficient (Wildman–Crippen LogP) is 3.11. The number of benzene rings is 1. The van der Waals surface area contributed by atoms with Crippen LogP contribution >= 0.6 is 28.1 Å². The molecule has 0 aromatic heterocycles. The van der Waals surface area contributed by atoms with E-state index >= 15 is 0 Å². The fraction of sp³-hybridized carbons (Fsp3) is 0.429. The molecule has 0 bridgehead atoms. The van der Waals surface area contributed by atoms with E-state index in [4.69, 9.17) is 18.0 Å². The third kappa shape index (κ3) is 4.58. The highest BCUT2D eigenvalue weighted by molar-refractivity contribution is 9.10. The lowest BCUT2D eigenvalue weighted by Gasteiger charge is -2.23. The second-order valence-electron chi connectivity index (χ2n) is 4.53. The van der Waals surface area contributed by atoms with Crippen molar-refractivity contribution >= 4 is 39.0 Å². The van der Waals surface area contributed by atoms with Gasteiger partial charge in [0, 0.05) is 18.1 Å². The van der Waals surface area contributed by atoms with Gasteiger partial charge in [-0.3, -0.25) is 4.79 Å². The van der Waals surface area contributed by atoms with E-state index in [9.17, 15) is 4.79 Å². The summed E-state index contributed by atoms with van der Waals surface area (Å²) in [7, 11) is 1.78. The number of amides is 1. The second-order valence-corrected chi connectivity index (χ2v) is 5.86. The number of hydrogen-bond donors (Lipinski definition) is 1. The molecule has 1 amide bonds. The van der Waals surface area contributed by atoms with Gasteiger partial charge in [0.1, 0.15) is 0 Å². The normalized spacial score (nSPS) is 11.9. The lowest BCUT2D eigenvalue weighted by Crippen LogP contribution is -2.38. The molecule has 19 heavy (non-hydrogen) atoms. The first-order chi connectivity index (χ1) is 8.97. The zero-order valence-electron chi connectivity index (χ0n) is 11.2. The molecule has 1 atom stereocenters. The smallest absolute Gasteiger partial charge is 0.232 e. The van der Waals surface area contributed by atoms with Gasteiger partial charge < -0.3 is 10.6 Å². The molecular formula is C14H19BrN2OS. The van der Waals surface area contributed by atoms with Gasteiger partial charge in [-0.25, -0.2) is 0 Å². The number of carbonyl (C=O) groups is 1. The van der Waals surface area contributed by atoms with Crippen LogP contribution in [0.25, 0.3) is 0 Å². The molecule has 0 saturated carbocycles. The van der Waals surface area contributed by atoms with Crippen LogP contribution in [-0.2, 0) is 11.3 Å². The van der Waals surface area contributed by atoms with Gasteiger partial charge in [-0.1, -0.05) is 59.7 Å². The van der Waals surface area contributed by atoms with Crippen molar-refractivity contribution in [1.29, 1.82) is 0 Å². The van der Waals surface area contributed by atoms with E-state index < -0.39 is 0 Å². The van der Waals surface area contributed by atoms with Gasteiger partial charge in [0.15, 0.2) is 0 Å². The summed E-state index contributed by atoms with van der Waals surface area (Å²) in [6.45, 7) is 2.56. The minimum atomic E-state index is -0.354. The van der Waals surface area contributed by atoms with Gasteiger partial charge in [-0.05, 0) is 18.1 Å². The standard InChI is InChI=1S/C14H19BrN2OS/c1-3-6-11(13(16)19)14(18)17(2)9-10-7-4-5-8-12(10)15/h4-5,7-8,11H,3,6,9H2,1-2H3,(H2,16,19). The Morgan fingerprint density at radius 2 is 2.11 bits per heavy atom. The van der Waals surface area contributed by atoms with Gasteiger partial charge in [-0.2, -0.15) is 0 Å². The first-order valence-electron chi connectivity index (χ1n) is 6.25. The molecule has 5 heteroatoms. The van der Waals surface area contributed by atoms with Crippen LogP contribution in [0.3, 0.4) is 0 Å². The van der Waals surface area contributed by atoms with Crippen LogP contribution in [0.15, 0.2) is 28.7 Å². The molecule has 104 valence electrons. The number of thiocarbonyl (C=S) groups is 1. The summed E-state index contributed by atoms with van der Waals surface area (Å²) in [5.41, 5.74) is 6.73. The predicted molar refractivity (Wildman–Crippen MR) is 85.8 cm³/mol. The maximum Gasteiger partial charge on any atom is 0.232 e. The zero-order valence-corrected chi connectivity index (χ0v) is 13.6. The minimum Gasteiger partial charge on any atom is -0.393 e. The quantitative estimate of drug-likeness (QED) is 0.808. The third-order valence-corrected chi connectivity index (χ3v) is 4.02. The van der Waals surface area contributed by atoms with Crippen LogP contribution in [0.5, 0.6) is 0 Å². The van der Waals surface area contributed by atoms with Crippen LogP contribution in [0.1, 0.15) is 25.3 Å². The fourth-order valence-electron chi connectivity index (χ4n) is 1.90. The summed E-state index contributed by atoms with van der Waals surface area (Å²) in [4.78, 5) is 14.3. The van der Waals surface area contributed by atoms with Crippen molar-refractivity contribution in [1.82, 2.24) is 4.90 Å². The molecule has 0 aliphatic carbocycles. The van der Waals surface area contributed by atoms with Crippen molar-refractivity contribution in [2.45, 2.75) is 26.3 Å². The molecule has 2 N–H and O–H groups in total. The molecule has 0 fully saturated rings. The highest BCUT2D eigenvalue weighted by atomic mass is 79.9. The first kappa shape index (κ1) is 16.1. The number of nitrogens with two attached hydrogens (primary N) is 1. The van der Waals surface area contributed by atoms with Gasteiger partial charge in [0.2, 0.25) is 5.91 Å². The topological polar surface area (TPSA) is 46.3 Å². The highest BCUT2D eigenvalue weighted by Gasteiger charge is 2.24. The van der Waals surface area contributed by atoms with E-state index in [2.05, 4.69) is 15.9 Å². The van der Waals surface area contributed by atoms with E-state index in [0.29, 0.717) is 13.0 Å². The van der Waals surface area contributed by atoms with Gasteiger partial charge in [0.25, 0.3) is 0 Å². The van der Waals surface area contributed by atoms with Crippen molar-refractivity contribution in [2.75, 3.05) is 7.05 Å². The molecule has 0 radical (unpaired) electrons. The Kier molecular flexibility index (Phi) is 6.45. The summed E-state index contributed by atoms with van der Waals surface area (Å²) in [5.74, 6) is -0.363. The molecule has 0 heterocycles. The Labute approximate surface area is 128 Å². The molecular weight excluding hydrogens is 324 g/mol. The summed E-state index contributed by atoms with van der Waals surface area (Å²) >= 11 is 8.47. The Morgan fingerprint density at radius 1 is 1.47 bits per heavy atom. The molecule has 1 rings (SSSR count). The molecule has 0 spiro atoms. The third-order valence-electron chi connectivity index (χ3n) is 2.96. The Morgan fingerprint density at radius 3 is 2.63 bits per heavy atom. The van der Waals surface area contributed by atoms with Crippen molar-refractivity contribution in [3.63, 3.8) is 0 Å². The van der Waals surface area contributed by atoms with Crippen molar-refractivity contribution in [3.05, 3.63) is 34.3 Å². The lowest BCUT2D eigenvalue weighted by atomic mass is 10.0. The van der Waals surface area contributed by atoms with E-state index in [0.717, 1.165) is 16.5 Å². The summed E-state index contributed by atoms with van der Waals surface area (Å²) < 4.78 is 0.997. The molecule has 0 aliphatic rings. The second kappa shape index (κ2) is 7.60. The Hall–Kier alpha value is -0.940. The van der Waals surface area contributed by atoms with Crippen LogP contribution < -0.4 is 5.73 Å². The SMILES string of the molecule is CCCC(C(=O)N(C)Cc1ccccc1Br)C(N)=S. The molecule has 3 nitrogen and oxygen atoms in total. The molecule has 0 saturated heterocycles. The summed E-state index contributed by atoms with van der Waals surface area (Å²) in [6.07, 6.45) is 1.59. The largest absolute Gasteiger partial charge is 0.393 e. The number of nitrogens with zero attached hydrogens (tertiary/aromatic N) is 1. The van der Waals surface area contributed by atoms with E-state index in [1.165, 1.54) is 0 Å². The maximum absolute atomic E-state index is 12.3. The van der Waals surface area contributed by atoms with Crippen LogP contribution in [0.2, 0.25) is 0 Å². The highest BCUT2D eigenvalue weighted by Crippen LogP contribution is 2.19. The van der Waals surface area contributed by atoms with Crippen molar-refractivity contribution in [2.24, 2.45) is 11.7 Å². The average molecular weight is 343 g/mol. The van der Waals surface area contributed by atoms with Gasteiger partial charge in [-0.15, -0.1) is 0 Å². The van der Waals surface area contributed by atoms with Gasteiger partial charge in [0.05, 0.1) is 10.9 Å². The first-order valence-corrected chi connectivity index (χ1v) is 7.45. The molecule has 1 aromatic rings. The Bertz CT molecular complexity index is 465. The minimum absolute atomic E-state index is 0.00916. The van der Waals surface area contributed by atoms with Crippen molar-refractivity contribution < 1.29 is 4.79 Å². The molecule has 1 aromatic carbocycles. The number of halogens is 1. The van der Waals surface area contributed by atoms with E-state index in [1.807, 2.05) is 31.2 Å². The molecule has 0 aliphatic heterocycles. The molecule has 1 unspecified atom stereocenters. The number of carbonyl (C=O) groups excluding carboxylic acids is 1. The monoisotopic (exact) mass is 342 g/mol. The fourth-order valence-corrected chi connectivity index (χ4v) is 2.53. The zero-order chi connectivity index (χ0) is 14.4. The van der Waals surface area contributed by atoms with Crippen molar-refractivity contribution in [3.8, 4) is 0 Å². The summed E-state index contributed by atoms with van der Waals surface area (Å²) in [6, 6.07) is 7.86. The maximum atomic E-state index is 12.3. The number of rotatable bonds is 6. The van der Waals surface area contributed by atoms with Gasteiger partial charge >= 0.3 is 0 Å². The van der Waals surface area contributed by atoms with E-state index in [1.54, 1.807) is 11.9 Å². The average Bonchev–Trinajstić information content (AvgIpc) is 2.37. The lowest BCUT2D eigenvalue weighted by molar-refractivity contribution is -0.132. The van der Waals surface area contributed by atoms with Crippen LogP contribution in [-0.4, -0.2) is 22.8 Å². The van der Waals surface area contributed by atoms with Crippen LogP contribution in [0, 0.1) is 5.92 Å². The van der Waals surface area contributed by atoms with E-state index in [-0.39, 0.29) is 16.8 Å². The Balaban J connectivity index is 2.76. The summed E-state index contributed by atoms with van der Waals surface area (Å²) in [5, 5.41) is 0. The number of hydrogen-bond acceptors (Lipinski definition) is 2. The van der Waals surface area contributed by atoms with Crippen LogP contribution in [0.4, 0.5) is 0 Å².